The lowest BCUT2D eigenvalue weighted by Gasteiger charge is -1.81. The van der Waals surface area contributed by atoms with Crippen molar-refractivity contribution in [2.45, 2.75) is 6.42 Å². The summed E-state index contributed by atoms with van der Waals surface area (Å²) in [7, 11) is 0. The van der Waals surface area contributed by atoms with Crippen molar-refractivity contribution in [1.29, 1.82) is 5.53 Å². The zero-order valence-electron chi connectivity index (χ0n) is 5.04. The molecule has 0 amide bonds. The molecule has 0 saturated heterocycles. The molecule has 0 unspecified atom stereocenters. The molecule has 0 aromatic rings. The fourth-order valence-corrected chi connectivity index (χ4v) is 0.643. The molecular formula is C7H8N2. The third-order valence-electron chi connectivity index (χ3n) is 1.09. The van der Waals surface area contributed by atoms with E-state index in [1.807, 2.05) is 30.4 Å². The van der Waals surface area contributed by atoms with Gasteiger partial charge in [-0.3, -0.25) is 0 Å². The fraction of sp³-hybridized carbons (Fsp3) is 0.143. The molecule has 0 heterocycles. The highest BCUT2D eigenvalue weighted by Crippen LogP contribution is 2.04. The van der Waals surface area contributed by atoms with Crippen LogP contribution < -0.4 is 0 Å². The molecule has 0 saturated carbocycles. The van der Waals surface area contributed by atoms with E-state index < -0.39 is 0 Å². The van der Waals surface area contributed by atoms with Crippen molar-refractivity contribution < 1.29 is 0 Å². The molecule has 0 aliphatic heterocycles. The van der Waals surface area contributed by atoms with Gasteiger partial charge in [0.1, 0.15) is 0 Å². The quantitative estimate of drug-likeness (QED) is 0.516. The Balaban J connectivity index is 2.78. The third kappa shape index (κ3) is 1.64. The Hall–Kier alpha value is -1.18. The molecule has 0 fully saturated rings. The van der Waals surface area contributed by atoms with Crippen molar-refractivity contribution in [3.8, 4) is 0 Å². The second-order valence-electron chi connectivity index (χ2n) is 1.77. The van der Waals surface area contributed by atoms with Gasteiger partial charge in [-0.2, -0.15) is 5.11 Å². The first kappa shape index (κ1) is 5.95. The van der Waals surface area contributed by atoms with Crippen molar-refractivity contribution in [3.63, 3.8) is 0 Å². The summed E-state index contributed by atoms with van der Waals surface area (Å²) < 4.78 is 0. The highest BCUT2D eigenvalue weighted by molar-refractivity contribution is 5.25. The highest BCUT2D eigenvalue weighted by atomic mass is 15.0. The van der Waals surface area contributed by atoms with Crippen molar-refractivity contribution in [2.75, 3.05) is 0 Å². The van der Waals surface area contributed by atoms with Crippen LogP contribution in [0.1, 0.15) is 6.42 Å². The van der Waals surface area contributed by atoms with Crippen LogP contribution in [0, 0.1) is 5.53 Å². The predicted octanol–water partition coefficient (Wildman–Crippen LogP) is 2.42. The lowest BCUT2D eigenvalue weighted by atomic mass is 10.4. The molecule has 2 heteroatoms. The van der Waals surface area contributed by atoms with E-state index in [9.17, 15) is 0 Å². The summed E-state index contributed by atoms with van der Waals surface area (Å²) in [5, 5.41) is 3.28. The van der Waals surface area contributed by atoms with Gasteiger partial charge in [-0.15, -0.1) is 0 Å². The smallest absolute Gasteiger partial charge is 0.0846 e. The van der Waals surface area contributed by atoms with E-state index in [-0.39, 0.29) is 0 Å². The molecule has 1 aliphatic rings. The standard InChI is InChI=1S/C7H8N2/c8-9-7-5-3-1-2-4-6-7/h1,3-6,8H,2H2. The van der Waals surface area contributed by atoms with Gasteiger partial charge in [0.05, 0.1) is 5.70 Å². The Morgan fingerprint density at radius 2 is 2.33 bits per heavy atom. The average Bonchev–Trinajstić information content (AvgIpc) is 2.13. The van der Waals surface area contributed by atoms with Crippen LogP contribution >= 0.6 is 0 Å². The molecule has 1 N–H and O–H groups in total. The van der Waals surface area contributed by atoms with Gasteiger partial charge in [0, 0.05) is 0 Å². The number of nitrogens with zero attached hydrogens (tertiary/aromatic N) is 1. The largest absolute Gasteiger partial charge is 0.204 e. The van der Waals surface area contributed by atoms with Crippen LogP contribution in [0.4, 0.5) is 0 Å². The Bertz CT molecular complexity index is 187. The van der Waals surface area contributed by atoms with Crippen LogP contribution in [0.2, 0.25) is 0 Å². The summed E-state index contributed by atoms with van der Waals surface area (Å²) in [4.78, 5) is 0. The van der Waals surface area contributed by atoms with Gasteiger partial charge in [0.25, 0.3) is 0 Å². The van der Waals surface area contributed by atoms with E-state index in [1.54, 1.807) is 0 Å². The van der Waals surface area contributed by atoms with Crippen LogP contribution in [-0.4, -0.2) is 0 Å². The molecule has 9 heavy (non-hydrogen) atoms. The molecule has 0 radical (unpaired) electrons. The lowest BCUT2D eigenvalue weighted by Crippen LogP contribution is -1.63. The minimum atomic E-state index is 0.712. The average molecular weight is 120 g/mol. The summed E-state index contributed by atoms with van der Waals surface area (Å²) in [5.41, 5.74) is 7.38. The summed E-state index contributed by atoms with van der Waals surface area (Å²) in [6.07, 6.45) is 10.5. The first-order valence-corrected chi connectivity index (χ1v) is 2.84. The molecule has 46 valence electrons. The first-order valence-electron chi connectivity index (χ1n) is 2.84. The second kappa shape index (κ2) is 2.97. The minimum absolute atomic E-state index is 0.712. The summed E-state index contributed by atoms with van der Waals surface area (Å²) in [5.74, 6) is 0. The van der Waals surface area contributed by atoms with E-state index in [1.165, 1.54) is 0 Å². The molecule has 2 nitrogen and oxygen atoms in total. The van der Waals surface area contributed by atoms with Crippen LogP contribution in [0.15, 0.2) is 41.2 Å². The van der Waals surface area contributed by atoms with E-state index in [4.69, 9.17) is 5.53 Å². The van der Waals surface area contributed by atoms with Gasteiger partial charge in [-0.05, 0) is 18.6 Å². The molecule has 0 bridgehead atoms. The van der Waals surface area contributed by atoms with Gasteiger partial charge in [-0.25, -0.2) is 5.53 Å². The first-order chi connectivity index (χ1) is 4.43. The van der Waals surface area contributed by atoms with E-state index in [0.717, 1.165) is 6.42 Å². The van der Waals surface area contributed by atoms with Crippen molar-refractivity contribution >= 4 is 0 Å². The highest BCUT2D eigenvalue weighted by Gasteiger charge is 1.85. The molecule has 0 atom stereocenters. The number of allylic oxidation sites excluding steroid dienone is 5. The maximum atomic E-state index is 6.67. The van der Waals surface area contributed by atoms with Gasteiger partial charge >= 0.3 is 0 Å². The number of rotatable bonds is 1. The second-order valence-corrected chi connectivity index (χ2v) is 1.77. The number of hydrogen-bond acceptors (Lipinski definition) is 2. The van der Waals surface area contributed by atoms with Crippen molar-refractivity contribution in [3.05, 3.63) is 36.1 Å². The van der Waals surface area contributed by atoms with Gasteiger partial charge < -0.3 is 0 Å². The Labute approximate surface area is 54.1 Å². The van der Waals surface area contributed by atoms with Crippen molar-refractivity contribution in [2.24, 2.45) is 5.11 Å². The van der Waals surface area contributed by atoms with Crippen molar-refractivity contribution in [1.82, 2.24) is 0 Å². The van der Waals surface area contributed by atoms with Crippen LogP contribution in [0.5, 0.6) is 0 Å². The van der Waals surface area contributed by atoms with Crippen LogP contribution in [-0.2, 0) is 0 Å². The maximum Gasteiger partial charge on any atom is 0.0846 e. The van der Waals surface area contributed by atoms with Crippen LogP contribution in [0.3, 0.4) is 0 Å². The van der Waals surface area contributed by atoms with Gasteiger partial charge in [0.2, 0.25) is 0 Å². The van der Waals surface area contributed by atoms with E-state index in [2.05, 4.69) is 5.11 Å². The van der Waals surface area contributed by atoms with E-state index in [0.29, 0.717) is 5.70 Å². The van der Waals surface area contributed by atoms with Crippen LogP contribution in [0.25, 0.3) is 0 Å². The third-order valence-corrected chi connectivity index (χ3v) is 1.09. The summed E-state index contributed by atoms with van der Waals surface area (Å²) in [6, 6.07) is 0. The molecular weight excluding hydrogens is 112 g/mol. The SMILES string of the molecule is N=NC1=CC=CCC=C1. The predicted molar refractivity (Wildman–Crippen MR) is 36.1 cm³/mol. The Morgan fingerprint density at radius 1 is 1.44 bits per heavy atom. The normalized spacial score (nSPS) is 16.7. The minimum Gasteiger partial charge on any atom is -0.204 e. The Morgan fingerprint density at radius 3 is 3.11 bits per heavy atom. The molecule has 0 aromatic heterocycles. The summed E-state index contributed by atoms with van der Waals surface area (Å²) >= 11 is 0. The number of nitrogens with one attached hydrogen (secondary N) is 1. The molecule has 0 spiro atoms. The van der Waals surface area contributed by atoms with Gasteiger partial charge in [0.15, 0.2) is 0 Å². The number of hydrogen-bond donors (Lipinski definition) is 1. The van der Waals surface area contributed by atoms with Gasteiger partial charge in [-0.1, -0.05) is 18.2 Å². The zero-order chi connectivity index (χ0) is 6.53. The fourth-order valence-electron chi connectivity index (χ4n) is 0.643. The monoisotopic (exact) mass is 120 g/mol. The topological polar surface area (TPSA) is 36.2 Å². The maximum absolute atomic E-state index is 6.67. The summed E-state index contributed by atoms with van der Waals surface area (Å²) in [6.45, 7) is 0. The zero-order valence-corrected chi connectivity index (χ0v) is 5.04. The molecule has 1 aliphatic carbocycles. The van der Waals surface area contributed by atoms with E-state index >= 15 is 0 Å². The Kier molecular flexibility index (Phi) is 1.96. The lowest BCUT2D eigenvalue weighted by molar-refractivity contribution is 1.09. The molecule has 0 aromatic carbocycles. The molecule has 1 rings (SSSR count).